The Morgan fingerprint density at radius 1 is 1.36 bits per heavy atom. The normalized spacial score (nSPS) is 11.8. The number of hydrogen-bond acceptors (Lipinski definition) is 6. The van der Waals surface area contributed by atoms with Gasteiger partial charge in [-0.1, -0.05) is 11.8 Å². The smallest absolute Gasteiger partial charge is 0.325 e. The average Bonchev–Trinajstić information content (AvgIpc) is 2.17. The maximum Gasteiger partial charge on any atom is 0.467 e. The lowest BCUT2D eigenvalue weighted by molar-refractivity contribution is -0.210. The summed E-state index contributed by atoms with van der Waals surface area (Å²) in [6, 6.07) is 0. The molecule has 8 heteroatoms. The molecule has 0 aromatic carbocycles. The molecule has 0 unspecified atom stereocenters. The van der Waals surface area contributed by atoms with Crippen molar-refractivity contribution in [2.24, 2.45) is 9.98 Å². The zero-order valence-electron chi connectivity index (χ0n) is 7.92. The van der Waals surface area contributed by atoms with Gasteiger partial charge in [-0.2, -0.15) is 14.8 Å². The molecule has 0 aromatic heterocycles. The molecule has 1 amide bonds. The molecular formula is C6H10N2O5S. The number of amidine groups is 1. The molecule has 0 aliphatic rings. The van der Waals surface area contributed by atoms with Crippen LogP contribution in [0.5, 0.6) is 0 Å². The number of amides is 1. The molecule has 0 spiro atoms. The standard InChI is InChI=1S/C6H10N2O5S/c1-10-12-4-7-5(14-3)8-6(9)13-11-2/h4H,1-3H3/b7-4+,8-5+. The first kappa shape index (κ1) is 12.9. The molecule has 0 heterocycles. The van der Waals surface area contributed by atoms with E-state index < -0.39 is 6.09 Å². The van der Waals surface area contributed by atoms with Crippen molar-refractivity contribution in [2.45, 2.75) is 0 Å². The first-order valence-corrected chi connectivity index (χ1v) is 4.56. The summed E-state index contributed by atoms with van der Waals surface area (Å²) >= 11 is 1.13. The summed E-state index contributed by atoms with van der Waals surface area (Å²) in [6.07, 6.45) is 1.78. The van der Waals surface area contributed by atoms with Crippen molar-refractivity contribution < 1.29 is 24.3 Å². The van der Waals surface area contributed by atoms with Gasteiger partial charge in [0, 0.05) is 0 Å². The van der Waals surface area contributed by atoms with Crippen molar-refractivity contribution in [2.75, 3.05) is 20.5 Å². The van der Waals surface area contributed by atoms with Gasteiger partial charge < -0.3 is 4.89 Å². The third-order valence-electron chi connectivity index (χ3n) is 0.827. The molecule has 0 aliphatic heterocycles. The van der Waals surface area contributed by atoms with Gasteiger partial charge in [-0.25, -0.2) is 4.79 Å². The maximum absolute atomic E-state index is 10.8. The van der Waals surface area contributed by atoms with Crippen LogP contribution < -0.4 is 0 Å². The molecule has 80 valence electrons. The zero-order valence-corrected chi connectivity index (χ0v) is 8.74. The highest BCUT2D eigenvalue weighted by Crippen LogP contribution is 2.00. The Bertz CT molecular complexity index is 230. The zero-order chi connectivity index (χ0) is 10.8. The lowest BCUT2D eigenvalue weighted by atomic mass is 11.1. The molecule has 0 rings (SSSR count). The van der Waals surface area contributed by atoms with Gasteiger partial charge >= 0.3 is 6.09 Å². The number of carbonyl (C=O) groups excluding carboxylic acids is 1. The maximum atomic E-state index is 10.8. The highest BCUT2D eigenvalue weighted by atomic mass is 32.2. The van der Waals surface area contributed by atoms with E-state index in [1.54, 1.807) is 6.26 Å². The minimum atomic E-state index is -0.897. The summed E-state index contributed by atoms with van der Waals surface area (Å²) < 4.78 is 0. The second-order valence-electron chi connectivity index (χ2n) is 1.61. The SMILES string of the molecule is COO/C=N/C(=N\C(=O)OOC)SC. The number of hydrogen-bond donors (Lipinski definition) is 0. The van der Waals surface area contributed by atoms with Crippen molar-refractivity contribution in [1.29, 1.82) is 0 Å². The van der Waals surface area contributed by atoms with E-state index in [-0.39, 0.29) is 5.17 Å². The predicted molar refractivity (Wildman–Crippen MR) is 51.0 cm³/mol. The van der Waals surface area contributed by atoms with Crippen LogP contribution in [0.2, 0.25) is 0 Å². The van der Waals surface area contributed by atoms with E-state index in [2.05, 4.69) is 29.5 Å². The first-order valence-electron chi connectivity index (χ1n) is 3.34. The second-order valence-corrected chi connectivity index (χ2v) is 2.39. The van der Waals surface area contributed by atoms with Gasteiger partial charge in [0.1, 0.15) is 0 Å². The van der Waals surface area contributed by atoms with Crippen molar-refractivity contribution in [3.63, 3.8) is 0 Å². The largest absolute Gasteiger partial charge is 0.467 e. The summed E-state index contributed by atoms with van der Waals surface area (Å²) in [7, 11) is 2.52. The predicted octanol–water partition coefficient (Wildman–Crippen LogP) is 1.01. The summed E-state index contributed by atoms with van der Waals surface area (Å²) in [4.78, 5) is 34.6. The van der Waals surface area contributed by atoms with Gasteiger partial charge in [-0.3, -0.25) is 4.89 Å². The van der Waals surface area contributed by atoms with E-state index in [0.29, 0.717) is 0 Å². The van der Waals surface area contributed by atoms with Gasteiger partial charge in [0.25, 0.3) is 0 Å². The number of nitrogens with zero attached hydrogens (tertiary/aromatic N) is 2. The van der Waals surface area contributed by atoms with E-state index in [9.17, 15) is 4.79 Å². The van der Waals surface area contributed by atoms with E-state index in [1.165, 1.54) is 14.2 Å². The number of aliphatic imine (C=N–C) groups is 2. The first-order chi connectivity index (χ1) is 6.74. The molecule has 0 radical (unpaired) electrons. The van der Waals surface area contributed by atoms with Gasteiger partial charge in [0.05, 0.1) is 14.2 Å². The molecule has 0 fully saturated rings. The molecule has 0 saturated carbocycles. The van der Waals surface area contributed by atoms with E-state index in [4.69, 9.17) is 0 Å². The molecule has 0 saturated heterocycles. The van der Waals surface area contributed by atoms with Gasteiger partial charge in [0.15, 0.2) is 5.17 Å². The number of thioether (sulfide) groups is 1. The molecule has 0 N–H and O–H groups in total. The minimum Gasteiger partial charge on any atom is -0.325 e. The highest BCUT2D eigenvalue weighted by Gasteiger charge is 2.02. The van der Waals surface area contributed by atoms with Gasteiger partial charge in [-0.15, -0.1) is 4.99 Å². The van der Waals surface area contributed by atoms with E-state index >= 15 is 0 Å². The van der Waals surface area contributed by atoms with Crippen molar-refractivity contribution in [3.05, 3.63) is 0 Å². The lowest BCUT2D eigenvalue weighted by Gasteiger charge is -1.95. The summed E-state index contributed by atoms with van der Waals surface area (Å²) in [5, 5.41) is 0.157. The second kappa shape index (κ2) is 8.48. The van der Waals surface area contributed by atoms with Crippen LogP contribution in [0.4, 0.5) is 4.79 Å². The lowest BCUT2D eigenvalue weighted by Crippen LogP contribution is -2.01. The van der Waals surface area contributed by atoms with Crippen LogP contribution in [-0.4, -0.2) is 38.1 Å². The Hall–Kier alpha value is -1.12. The third kappa shape index (κ3) is 6.40. The Labute approximate surface area is 85.0 Å². The highest BCUT2D eigenvalue weighted by molar-refractivity contribution is 8.13. The monoisotopic (exact) mass is 222 g/mol. The Kier molecular flexibility index (Phi) is 7.80. The summed E-state index contributed by atoms with van der Waals surface area (Å²) in [6.45, 7) is 0. The molecule has 0 aromatic rings. The fourth-order valence-electron chi connectivity index (χ4n) is 0.405. The van der Waals surface area contributed by atoms with Crippen LogP contribution in [0, 0.1) is 0 Å². The van der Waals surface area contributed by atoms with Crippen molar-refractivity contribution in [1.82, 2.24) is 0 Å². The molecule has 0 bridgehead atoms. The van der Waals surface area contributed by atoms with Crippen molar-refractivity contribution in [3.8, 4) is 0 Å². The number of rotatable bonds is 3. The summed E-state index contributed by atoms with van der Waals surface area (Å²) in [5.41, 5.74) is 0. The minimum absolute atomic E-state index is 0.157. The Morgan fingerprint density at radius 3 is 2.57 bits per heavy atom. The summed E-state index contributed by atoms with van der Waals surface area (Å²) in [5.74, 6) is 0. The van der Waals surface area contributed by atoms with Crippen LogP contribution in [0.1, 0.15) is 0 Å². The molecule has 7 nitrogen and oxygen atoms in total. The van der Waals surface area contributed by atoms with Crippen LogP contribution in [0.3, 0.4) is 0 Å². The average molecular weight is 222 g/mol. The Balaban J connectivity index is 4.17. The van der Waals surface area contributed by atoms with Crippen LogP contribution in [0.25, 0.3) is 0 Å². The quantitative estimate of drug-likeness (QED) is 0.307. The van der Waals surface area contributed by atoms with Gasteiger partial charge in [-0.05, 0) is 6.26 Å². The Morgan fingerprint density at radius 2 is 2.07 bits per heavy atom. The van der Waals surface area contributed by atoms with Crippen LogP contribution in [0.15, 0.2) is 9.98 Å². The molecule has 0 atom stereocenters. The topological polar surface area (TPSA) is 78.7 Å². The fourth-order valence-corrected chi connectivity index (χ4v) is 0.719. The molecule has 14 heavy (non-hydrogen) atoms. The van der Waals surface area contributed by atoms with Gasteiger partial charge in [0.2, 0.25) is 6.40 Å². The molecule has 0 aliphatic carbocycles. The van der Waals surface area contributed by atoms with Crippen LogP contribution >= 0.6 is 11.8 Å². The van der Waals surface area contributed by atoms with Crippen molar-refractivity contribution >= 4 is 29.4 Å². The van der Waals surface area contributed by atoms with Crippen LogP contribution in [-0.2, 0) is 19.6 Å². The van der Waals surface area contributed by atoms with E-state index in [1.807, 2.05) is 0 Å². The number of carbonyl (C=O) groups is 1. The fraction of sp³-hybridized carbons (Fsp3) is 0.500. The molecular weight excluding hydrogens is 212 g/mol. The van der Waals surface area contributed by atoms with E-state index in [0.717, 1.165) is 18.2 Å². The third-order valence-corrected chi connectivity index (χ3v) is 1.39.